The minimum atomic E-state index is -0.167. The van der Waals surface area contributed by atoms with E-state index in [9.17, 15) is 4.79 Å². The number of aromatic nitrogens is 2. The molecule has 1 unspecified atom stereocenters. The molecule has 70 valence electrons. The lowest BCUT2D eigenvalue weighted by Gasteiger charge is -2.21. The molecule has 1 aromatic heterocycles. The molecule has 1 saturated heterocycles. The zero-order chi connectivity index (χ0) is 9.10. The van der Waals surface area contributed by atoms with Crippen LogP contribution < -0.4 is 5.56 Å². The van der Waals surface area contributed by atoms with Crippen molar-refractivity contribution >= 4 is 0 Å². The smallest absolute Gasteiger partial charge is 0.266 e. The molecule has 1 atom stereocenters. The monoisotopic (exact) mass is 180 g/mol. The third kappa shape index (κ3) is 1.95. The summed E-state index contributed by atoms with van der Waals surface area (Å²) in [5.74, 6) is 0. The van der Waals surface area contributed by atoms with Crippen molar-refractivity contribution in [3.63, 3.8) is 0 Å². The minimum Gasteiger partial charge on any atom is -0.372 e. The first-order valence-corrected chi connectivity index (χ1v) is 4.52. The Morgan fingerprint density at radius 2 is 2.46 bits per heavy atom. The maximum absolute atomic E-state index is 10.7. The molecular formula is C9H12N2O2. The van der Waals surface area contributed by atoms with Crippen LogP contribution in [0.5, 0.6) is 0 Å². The van der Waals surface area contributed by atoms with Gasteiger partial charge in [0, 0.05) is 12.8 Å². The maximum atomic E-state index is 10.7. The lowest BCUT2D eigenvalue weighted by atomic mass is 10.1. The van der Waals surface area contributed by atoms with E-state index in [1.54, 1.807) is 6.20 Å². The third-order valence-corrected chi connectivity index (χ3v) is 2.20. The van der Waals surface area contributed by atoms with Gasteiger partial charge in [0.25, 0.3) is 5.56 Å². The number of ether oxygens (including phenoxy) is 1. The van der Waals surface area contributed by atoms with E-state index in [2.05, 4.69) is 9.97 Å². The van der Waals surface area contributed by atoms with Gasteiger partial charge in [-0.2, -0.15) is 0 Å². The molecule has 0 spiro atoms. The Morgan fingerprint density at radius 3 is 3.08 bits per heavy atom. The summed E-state index contributed by atoms with van der Waals surface area (Å²) in [5, 5.41) is 0. The molecule has 2 rings (SSSR count). The first-order chi connectivity index (χ1) is 6.36. The van der Waals surface area contributed by atoms with E-state index in [4.69, 9.17) is 4.74 Å². The van der Waals surface area contributed by atoms with Crippen molar-refractivity contribution < 1.29 is 4.74 Å². The van der Waals surface area contributed by atoms with Crippen LogP contribution >= 0.6 is 0 Å². The Balaban J connectivity index is 2.14. The van der Waals surface area contributed by atoms with Crippen LogP contribution in [0.1, 0.15) is 31.1 Å². The Kier molecular flexibility index (Phi) is 2.40. The van der Waals surface area contributed by atoms with Gasteiger partial charge in [0.15, 0.2) is 0 Å². The second-order valence-electron chi connectivity index (χ2n) is 3.19. The van der Waals surface area contributed by atoms with Gasteiger partial charge in [-0.1, -0.05) is 0 Å². The predicted octanol–water partition coefficient (Wildman–Crippen LogP) is 1.01. The van der Waals surface area contributed by atoms with Crippen molar-refractivity contribution in [3.05, 3.63) is 28.4 Å². The molecule has 2 heterocycles. The number of H-pyrrole nitrogens is 1. The van der Waals surface area contributed by atoms with Gasteiger partial charge in [0.1, 0.15) is 6.10 Å². The summed E-state index contributed by atoms with van der Waals surface area (Å²) in [6.07, 6.45) is 6.31. The van der Waals surface area contributed by atoms with Crippen molar-refractivity contribution in [1.29, 1.82) is 0 Å². The van der Waals surface area contributed by atoms with Gasteiger partial charge < -0.3 is 9.72 Å². The number of nitrogens with one attached hydrogen (secondary N) is 1. The van der Waals surface area contributed by atoms with Crippen LogP contribution in [0.3, 0.4) is 0 Å². The number of hydrogen-bond acceptors (Lipinski definition) is 3. The first kappa shape index (κ1) is 8.44. The van der Waals surface area contributed by atoms with Crippen LogP contribution in [0.25, 0.3) is 0 Å². The Hall–Kier alpha value is -1.16. The molecule has 4 nitrogen and oxygen atoms in total. The lowest BCUT2D eigenvalue weighted by Crippen LogP contribution is -2.15. The lowest BCUT2D eigenvalue weighted by molar-refractivity contribution is 0.0120. The quantitative estimate of drug-likeness (QED) is 0.701. The highest BCUT2D eigenvalue weighted by Gasteiger charge is 2.16. The summed E-state index contributed by atoms with van der Waals surface area (Å²) in [4.78, 5) is 17.4. The molecule has 0 amide bonds. The van der Waals surface area contributed by atoms with E-state index in [0.29, 0.717) is 0 Å². The van der Waals surface area contributed by atoms with E-state index >= 15 is 0 Å². The fourth-order valence-electron chi connectivity index (χ4n) is 1.50. The fraction of sp³-hybridized carbons (Fsp3) is 0.556. The van der Waals surface area contributed by atoms with Crippen molar-refractivity contribution in [2.75, 3.05) is 6.61 Å². The molecule has 1 aliphatic rings. The van der Waals surface area contributed by atoms with Gasteiger partial charge in [-0.05, 0) is 19.3 Å². The van der Waals surface area contributed by atoms with Gasteiger partial charge >= 0.3 is 0 Å². The van der Waals surface area contributed by atoms with Crippen LogP contribution in [0, 0.1) is 0 Å². The maximum Gasteiger partial charge on any atom is 0.266 e. The van der Waals surface area contributed by atoms with Crippen LogP contribution in [-0.4, -0.2) is 16.6 Å². The molecule has 1 aliphatic heterocycles. The highest BCUT2D eigenvalue weighted by Crippen LogP contribution is 2.24. The fourth-order valence-corrected chi connectivity index (χ4v) is 1.50. The summed E-state index contributed by atoms with van der Waals surface area (Å²) in [6.45, 7) is 0.797. The van der Waals surface area contributed by atoms with Crippen molar-refractivity contribution in [2.24, 2.45) is 0 Å². The highest BCUT2D eigenvalue weighted by atomic mass is 16.5. The van der Waals surface area contributed by atoms with Crippen LogP contribution in [0.15, 0.2) is 17.2 Å². The Morgan fingerprint density at radius 1 is 1.54 bits per heavy atom. The number of rotatable bonds is 1. The largest absolute Gasteiger partial charge is 0.372 e. The first-order valence-electron chi connectivity index (χ1n) is 4.52. The van der Waals surface area contributed by atoms with E-state index < -0.39 is 0 Å². The zero-order valence-corrected chi connectivity index (χ0v) is 7.32. The van der Waals surface area contributed by atoms with Crippen LogP contribution in [0.4, 0.5) is 0 Å². The van der Waals surface area contributed by atoms with Crippen molar-refractivity contribution in [1.82, 2.24) is 9.97 Å². The molecule has 0 saturated carbocycles. The molecule has 13 heavy (non-hydrogen) atoms. The van der Waals surface area contributed by atoms with E-state index in [1.165, 1.54) is 12.6 Å². The SMILES string of the molecule is O=c1cnc(C2CCCCO2)c[nH]1. The second-order valence-corrected chi connectivity index (χ2v) is 3.19. The number of aromatic amines is 1. The Bertz CT molecular complexity index is 308. The van der Waals surface area contributed by atoms with E-state index in [-0.39, 0.29) is 11.7 Å². The third-order valence-electron chi connectivity index (χ3n) is 2.20. The molecule has 4 heteroatoms. The molecule has 1 aromatic rings. The second kappa shape index (κ2) is 3.70. The zero-order valence-electron chi connectivity index (χ0n) is 7.32. The van der Waals surface area contributed by atoms with Gasteiger partial charge in [0.2, 0.25) is 0 Å². The normalized spacial score (nSPS) is 22.9. The molecule has 0 bridgehead atoms. The Labute approximate surface area is 76.0 Å². The topological polar surface area (TPSA) is 55.0 Å². The number of nitrogens with zero attached hydrogens (tertiary/aromatic N) is 1. The highest BCUT2D eigenvalue weighted by molar-refractivity contribution is 5.00. The van der Waals surface area contributed by atoms with Gasteiger partial charge in [-0.25, -0.2) is 0 Å². The molecule has 0 aliphatic carbocycles. The van der Waals surface area contributed by atoms with Crippen LogP contribution in [-0.2, 0) is 4.74 Å². The minimum absolute atomic E-state index is 0.0746. The summed E-state index contributed by atoms with van der Waals surface area (Å²) >= 11 is 0. The predicted molar refractivity (Wildman–Crippen MR) is 47.4 cm³/mol. The number of hydrogen-bond donors (Lipinski definition) is 1. The van der Waals surface area contributed by atoms with Crippen molar-refractivity contribution in [3.8, 4) is 0 Å². The van der Waals surface area contributed by atoms with E-state index in [0.717, 1.165) is 25.1 Å². The summed E-state index contributed by atoms with van der Waals surface area (Å²) in [6, 6.07) is 0. The molecule has 0 aromatic carbocycles. The van der Waals surface area contributed by atoms with Crippen LogP contribution in [0.2, 0.25) is 0 Å². The average Bonchev–Trinajstić information content (AvgIpc) is 2.20. The van der Waals surface area contributed by atoms with Gasteiger partial charge in [-0.15, -0.1) is 0 Å². The standard InChI is InChI=1S/C9H12N2O2/c12-9-6-10-7(5-11-9)8-3-1-2-4-13-8/h5-6,8H,1-4H2,(H,11,12). The summed E-state index contributed by atoms with van der Waals surface area (Å²) in [7, 11) is 0. The van der Waals surface area contributed by atoms with Crippen molar-refractivity contribution in [2.45, 2.75) is 25.4 Å². The molecule has 1 N–H and O–H groups in total. The molecular weight excluding hydrogens is 168 g/mol. The van der Waals surface area contributed by atoms with E-state index in [1.807, 2.05) is 0 Å². The van der Waals surface area contributed by atoms with Gasteiger partial charge in [-0.3, -0.25) is 9.78 Å². The van der Waals surface area contributed by atoms with Gasteiger partial charge in [0.05, 0.1) is 11.9 Å². The molecule has 0 radical (unpaired) electrons. The summed E-state index contributed by atoms with van der Waals surface area (Å²) < 4.78 is 5.52. The summed E-state index contributed by atoms with van der Waals surface area (Å²) in [5.41, 5.74) is 0.666. The average molecular weight is 180 g/mol. The molecule has 1 fully saturated rings.